The summed E-state index contributed by atoms with van der Waals surface area (Å²) >= 11 is 0. The summed E-state index contributed by atoms with van der Waals surface area (Å²) in [6.45, 7) is 14.0. The fraction of sp³-hybridized carbons (Fsp3) is 0.882. The predicted molar refractivity (Wildman–Crippen MR) is 98.3 cm³/mol. The number of amides is 1. The van der Waals surface area contributed by atoms with Gasteiger partial charge in [-0.15, -0.1) is 0 Å². The van der Waals surface area contributed by atoms with Crippen molar-refractivity contribution in [2.75, 3.05) is 60.0 Å². The summed E-state index contributed by atoms with van der Waals surface area (Å²) in [6.07, 6.45) is 0. The van der Waals surface area contributed by atoms with Crippen LogP contribution < -0.4 is 10.6 Å². The molecule has 1 aliphatic heterocycles. The van der Waals surface area contributed by atoms with Gasteiger partial charge in [0.25, 0.3) is 0 Å². The van der Waals surface area contributed by atoms with E-state index in [9.17, 15) is 4.79 Å². The molecule has 1 unspecified atom stereocenters. The summed E-state index contributed by atoms with van der Waals surface area (Å²) in [5, 5.41) is 6.33. The largest absolute Gasteiger partial charge is 0.379 e. The van der Waals surface area contributed by atoms with Gasteiger partial charge in [0.2, 0.25) is 5.91 Å². The molecule has 1 rings (SSSR count). The maximum absolute atomic E-state index is 12.0. The third-order valence-electron chi connectivity index (χ3n) is 3.75. The van der Waals surface area contributed by atoms with Crippen LogP contribution in [0.2, 0.25) is 0 Å². The number of carbonyl (C=O) groups is 1. The maximum atomic E-state index is 12.0. The highest BCUT2D eigenvalue weighted by atomic mass is 16.5. The molecule has 0 aromatic rings. The fourth-order valence-corrected chi connectivity index (χ4v) is 2.69. The van der Waals surface area contributed by atoms with E-state index in [2.05, 4.69) is 27.4 Å². The number of likely N-dealkylation sites (N-methyl/N-ethyl adjacent to an activating group) is 1. The summed E-state index contributed by atoms with van der Waals surface area (Å²) in [6, 6.07) is 0. The Balaban J connectivity index is 2.36. The molecule has 1 amide bonds. The van der Waals surface area contributed by atoms with Crippen molar-refractivity contribution in [2.24, 2.45) is 10.9 Å². The van der Waals surface area contributed by atoms with E-state index in [0.29, 0.717) is 5.92 Å². The van der Waals surface area contributed by atoms with Gasteiger partial charge in [0, 0.05) is 45.8 Å². The molecule has 1 saturated heterocycles. The van der Waals surface area contributed by atoms with Crippen molar-refractivity contribution in [2.45, 2.75) is 33.2 Å². The van der Waals surface area contributed by atoms with Crippen molar-refractivity contribution in [1.29, 1.82) is 0 Å². The average Bonchev–Trinajstić information content (AvgIpc) is 2.46. The van der Waals surface area contributed by atoms with Crippen LogP contribution in [0.25, 0.3) is 0 Å². The molecule has 140 valence electrons. The van der Waals surface area contributed by atoms with E-state index < -0.39 is 0 Å². The number of guanidine groups is 1. The Hall–Kier alpha value is -1.34. The second kappa shape index (κ2) is 9.84. The highest BCUT2D eigenvalue weighted by Crippen LogP contribution is 2.03. The molecule has 1 aliphatic rings. The number of hydrogen-bond acceptors (Lipinski definition) is 4. The highest BCUT2D eigenvalue weighted by molar-refractivity contribution is 5.86. The number of aliphatic imine (C=N–C) groups is 1. The van der Waals surface area contributed by atoms with Crippen molar-refractivity contribution in [1.82, 2.24) is 20.4 Å². The van der Waals surface area contributed by atoms with Crippen LogP contribution in [-0.4, -0.2) is 87.2 Å². The van der Waals surface area contributed by atoms with E-state index in [0.717, 1.165) is 45.4 Å². The first-order valence-corrected chi connectivity index (χ1v) is 8.74. The molecule has 7 nitrogen and oxygen atoms in total. The van der Waals surface area contributed by atoms with Gasteiger partial charge >= 0.3 is 0 Å². The Morgan fingerprint density at radius 1 is 1.33 bits per heavy atom. The fourth-order valence-electron chi connectivity index (χ4n) is 2.69. The molecule has 1 heterocycles. The number of carbonyl (C=O) groups excluding carboxylic acids is 1. The molecule has 0 spiro atoms. The average molecular weight is 342 g/mol. The minimum atomic E-state index is -0.221. The molecule has 2 N–H and O–H groups in total. The normalized spacial score (nSPS) is 18.2. The first-order chi connectivity index (χ1) is 11.2. The predicted octanol–water partition coefficient (Wildman–Crippen LogP) is 0.377. The number of nitrogens with one attached hydrogen (secondary N) is 2. The summed E-state index contributed by atoms with van der Waals surface area (Å²) in [5.41, 5.74) is -0.221. The van der Waals surface area contributed by atoms with E-state index in [1.54, 1.807) is 7.05 Å². The quantitative estimate of drug-likeness (QED) is 0.540. The molecular formula is C17H35N5O2. The van der Waals surface area contributed by atoms with Crippen molar-refractivity contribution in [3.8, 4) is 0 Å². The molecule has 0 aromatic heterocycles. The minimum absolute atomic E-state index is 0.00526. The van der Waals surface area contributed by atoms with Crippen LogP contribution in [0.4, 0.5) is 0 Å². The number of hydrogen-bond donors (Lipinski definition) is 2. The number of morpholine rings is 1. The van der Waals surface area contributed by atoms with E-state index in [1.165, 1.54) is 0 Å². The molecule has 0 bridgehead atoms. The lowest BCUT2D eigenvalue weighted by Gasteiger charge is -2.30. The van der Waals surface area contributed by atoms with E-state index in [-0.39, 0.29) is 18.0 Å². The number of ether oxygens (including phenoxy) is 1. The Bertz CT molecular complexity index is 414. The van der Waals surface area contributed by atoms with Crippen LogP contribution in [0.3, 0.4) is 0 Å². The van der Waals surface area contributed by atoms with Crippen molar-refractivity contribution in [3.63, 3.8) is 0 Å². The van der Waals surface area contributed by atoms with Crippen molar-refractivity contribution < 1.29 is 9.53 Å². The molecule has 0 saturated carbocycles. The Morgan fingerprint density at radius 3 is 2.50 bits per heavy atom. The summed E-state index contributed by atoms with van der Waals surface area (Å²) < 4.78 is 5.38. The monoisotopic (exact) mass is 341 g/mol. The van der Waals surface area contributed by atoms with Gasteiger partial charge in [0.05, 0.1) is 19.8 Å². The van der Waals surface area contributed by atoms with Gasteiger partial charge in [-0.05, 0) is 26.7 Å². The zero-order valence-electron chi connectivity index (χ0n) is 16.2. The third-order valence-corrected chi connectivity index (χ3v) is 3.75. The lowest BCUT2D eigenvalue weighted by molar-refractivity contribution is -0.122. The number of rotatable bonds is 6. The second-order valence-electron chi connectivity index (χ2n) is 7.60. The van der Waals surface area contributed by atoms with Gasteiger partial charge in [-0.25, -0.2) is 0 Å². The summed E-state index contributed by atoms with van der Waals surface area (Å²) in [7, 11) is 3.62. The topological polar surface area (TPSA) is 69.2 Å². The van der Waals surface area contributed by atoms with Gasteiger partial charge in [0.1, 0.15) is 0 Å². The van der Waals surface area contributed by atoms with E-state index in [1.807, 2.05) is 32.7 Å². The zero-order valence-corrected chi connectivity index (χ0v) is 16.2. The van der Waals surface area contributed by atoms with Gasteiger partial charge in [-0.3, -0.25) is 14.7 Å². The Labute approximate surface area is 146 Å². The minimum Gasteiger partial charge on any atom is -0.379 e. The van der Waals surface area contributed by atoms with Crippen LogP contribution in [0.5, 0.6) is 0 Å². The molecule has 0 radical (unpaired) electrons. The van der Waals surface area contributed by atoms with Crippen LogP contribution in [0.1, 0.15) is 27.7 Å². The molecule has 7 heteroatoms. The van der Waals surface area contributed by atoms with E-state index >= 15 is 0 Å². The second-order valence-corrected chi connectivity index (χ2v) is 7.60. The van der Waals surface area contributed by atoms with Crippen LogP contribution in [0, 0.1) is 5.92 Å². The lowest BCUT2D eigenvalue weighted by atomic mass is 10.1. The first-order valence-electron chi connectivity index (χ1n) is 8.74. The molecule has 24 heavy (non-hydrogen) atoms. The SMILES string of the molecule is CN=C(NCC(C)CN1CCOCC1)N(C)CC(=O)NC(C)(C)C. The van der Waals surface area contributed by atoms with Crippen molar-refractivity contribution in [3.05, 3.63) is 0 Å². The van der Waals surface area contributed by atoms with Crippen LogP contribution >= 0.6 is 0 Å². The van der Waals surface area contributed by atoms with Gasteiger partial charge in [-0.2, -0.15) is 0 Å². The molecule has 0 aromatic carbocycles. The zero-order chi connectivity index (χ0) is 18.2. The smallest absolute Gasteiger partial charge is 0.240 e. The lowest BCUT2D eigenvalue weighted by Crippen LogP contribution is -2.49. The molecule has 1 atom stereocenters. The molecule has 0 aliphatic carbocycles. The van der Waals surface area contributed by atoms with Crippen molar-refractivity contribution >= 4 is 11.9 Å². The van der Waals surface area contributed by atoms with Crippen LogP contribution in [0.15, 0.2) is 4.99 Å². The van der Waals surface area contributed by atoms with E-state index in [4.69, 9.17) is 4.74 Å². The Morgan fingerprint density at radius 2 is 1.96 bits per heavy atom. The number of nitrogens with zero attached hydrogens (tertiary/aromatic N) is 3. The molecular weight excluding hydrogens is 306 g/mol. The molecule has 1 fully saturated rings. The Kier molecular flexibility index (Phi) is 8.48. The standard InChI is InChI=1S/C17H35N5O2/c1-14(12-22-7-9-24-10-8-22)11-19-16(18-5)21(6)13-15(23)20-17(2,3)4/h14H,7-13H2,1-6H3,(H,18,19)(H,20,23). The highest BCUT2D eigenvalue weighted by Gasteiger charge is 2.18. The summed E-state index contributed by atoms with van der Waals surface area (Å²) in [5.74, 6) is 1.24. The van der Waals surface area contributed by atoms with Gasteiger partial charge in [0.15, 0.2) is 5.96 Å². The van der Waals surface area contributed by atoms with Gasteiger partial charge in [-0.1, -0.05) is 6.92 Å². The maximum Gasteiger partial charge on any atom is 0.240 e. The third kappa shape index (κ3) is 8.49. The summed E-state index contributed by atoms with van der Waals surface area (Å²) in [4.78, 5) is 20.6. The first kappa shape index (κ1) is 20.7. The van der Waals surface area contributed by atoms with Gasteiger partial charge < -0.3 is 20.3 Å². The van der Waals surface area contributed by atoms with Crippen LogP contribution in [-0.2, 0) is 9.53 Å².